The highest BCUT2D eigenvalue weighted by Crippen LogP contribution is 2.62. The highest BCUT2D eigenvalue weighted by atomic mass is 33.1. The summed E-state index contributed by atoms with van der Waals surface area (Å²) in [5.41, 5.74) is -1.48. The number of carbonyl (C=O) groups is 1. The summed E-state index contributed by atoms with van der Waals surface area (Å²) in [6, 6.07) is 0. The van der Waals surface area contributed by atoms with E-state index in [0.717, 1.165) is 4.57 Å². The molecule has 0 radical (unpaired) electrons. The van der Waals surface area contributed by atoms with Crippen molar-refractivity contribution in [2.24, 2.45) is 0 Å². The van der Waals surface area contributed by atoms with Gasteiger partial charge < -0.3 is 29.5 Å². The van der Waals surface area contributed by atoms with Gasteiger partial charge in [0.15, 0.2) is 9.03 Å². The Morgan fingerprint density at radius 1 is 1.32 bits per heavy atom. The number of hydrogen-bond acceptors (Lipinski definition) is 13. The second kappa shape index (κ2) is 15.5. The first-order valence-corrected chi connectivity index (χ1v) is 16.4. The van der Waals surface area contributed by atoms with Crippen molar-refractivity contribution in [2.75, 3.05) is 25.0 Å². The molecule has 0 saturated carbocycles. The smallest absolute Gasteiger partial charge is 0.357 e. The summed E-state index contributed by atoms with van der Waals surface area (Å²) in [7, 11) is -8.75. The van der Waals surface area contributed by atoms with E-state index in [4.69, 9.17) is 14.4 Å². The van der Waals surface area contributed by atoms with Crippen molar-refractivity contribution >= 4 is 52.2 Å². The molecule has 208 valence electrons. The summed E-state index contributed by atoms with van der Waals surface area (Å²) in [5, 5.41) is 2.61. The predicted octanol–water partition coefficient (Wildman–Crippen LogP) is 0.766. The summed E-state index contributed by atoms with van der Waals surface area (Å²) < 4.78 is 47.8. The number of aromatic nitrogens is 2. The van der Waals surface area contributed by atoms with E-state index in [-0.39, 0.29) is 30.9 Å². The van der Waals surface area contributed by atoms with Crippen LogP contribution >= 0.6 is 46.3 Å². The molecule has 1 amide bonds. The van der Waals surface area contributed by atoms with E-state index >= 15 is 0 Å². The average Bonchev–Trinajstić information content (AvgIpc) is 3.25. The van der Waals surface area contributed by atoms with Gasteiger partial charge in [0.2, 0.25) is 5.91 Å². The minimum Gasteiger partial charge on any atom is -0.357 e. The minimum absolute atomic E-state index is 0.0133. The Balaban J connectivity index is 1.88. The van der Waals surface area contributed by atoms with E-state index in [2.05, 4.69) is 35.3 Å². The third-order valence-electron chi connectivity index (χ3n) is 4.14. The van der Waals surface area contributed by atoms with E-state index in [1.165, 1.54) is 34.7 Å². The van der Waals surface area contributed by atoms with Gasteiger partial charge in [-0.25, -0.2) is 18.2 Å². The highest BCUT2D eigenvalue weighted by molar-refractivity contribution is 8.76. The fourth-order valence-electron chi connectivity index (χ4n) is 2.67. The number of amides is 1. The molecule has 1 aromatic heterocycles. The van der Waals surface area contributed by atoms with E-state index < -0.39 is 54.9 Å². The van der Waals surface area contributed by atoms with E-state index in [1.807, 2.05) is 0 Å². The lowest BCUT2D eigenvalue weighted by molar-refractivity contribution is -0.118. The van der Waals surface area contributed by atoms with Gasteiger partial charge in [0.1, 0.15) is 24.3 Å². The van der Waals surface area contributed by atoms with Gasteiger partial charge in [0.05, 0.1) is 18.6 Å². The zero-order valence-corrected chi connectivity index (χ0v) is 23.5. The standard InChI is InChI=1S/C16H24N3O13P3S2/c1-11(20)17-9-36-37-10-28-6-2-3-12-7-19(16(22)18-15(12)21)14-5-4-13(30-14)8-29-34(24,25)32-35(26,27)31-33-23/h7,13-14,23,33H,4-6,8-10H2,1H3,(H,17,20)(H,24,25)(H,26,27)(H,18,21,22)/t13-,14+/m0/s1. The Morgan fingerprint density at radius 3 is 2.78 bits per heavy atom. The molecule has 0 aliphatic carbocycles. The number of nitrogens with one attached hydrogen (secondary N) is 2. The lowest BCUT2D eigenvalue weighted by atomic mass is 10.2. The van der Waals surface area contributed by atoms with Crippen LogP contribution in [0.2, 0.25) is 0 Å². The number of rotatable bonds is 14. The van der Waals surface area contributed by atoms with Crippen molar-refractivity contribution in [2.45, 2.75) is 32.1 Å². The molecule has 1 aromatic rings. The maximum Gasteiger partial charge on any atom is 0.486 e. The highest BCUT2D eigenvalue weighted by Gasteiger charge is 2.37. The van der Waals surface area contributed by atoms with E-state index in [1.54, 1.807) is 0 Å². The Morgan fingerprint density at radius 2 is 2.08 bits per heavy atom. The normalized spacial score (nSPS) is 20.8. The largest absolute Gasteiger partial charge is 0.486 e. The summed E-state index contributed by atoms with van der Waals surface area (Å²) in [6.45, 7) is 0.894. The van der Waals surface area contributed by atoms with Crippen LogP contribution in [0.1, 0.15) is 31.6 Å². The fourth-order valence-corrected chi connectivity index (χ4v) is 6.50. The molecule has 1 aliphatic rings. The first kappa shape index (κ1) is 32.2. The number of nitrogens with zero attached hydrogens (tertiary/aromatic N) is 1. The van der Waals surface area contributed by atoms with Gasteiger partial charge in [0.25, 0.3) is 5.56 Å². The van der Waals surface area contributed by atoms with E-state index in [9.17, 15) is 33.3 Å². The van der Waals surface area contributed by atoms with Crippen molar-refractivity contribution in [1.82, 2.24) is 14.9 Å². The molecule has 1 aliphatic heterocycles. The molecule has 5 atom stereocenters. The van der Waals surface area contributed by atoms with Gasteiger partial charge in [0, 0.05) is 13.1 Å². The molecular formula is C16H24N3O13P3S2. The van der Waals surface area contributed by atoms with Crippen molar-refractivity contribution in [3.63, 3.8) is 0 Å². The molecule has 0 spiro atoms. The summed E-state index contributed by atoms with van der Waals surface area (Å²) in [6.07, 6.45) is 0.111. The molecule has 2 rings (SSSR count). The van der Waals surface area contributed by atoms with Crippen molar-refractivity contribution in [1.29, 1.82) is 0 Å². The molecule has 2 heterocycles. The van der Waals surface area contributed by atoms with Crippen LogP contribution in [0.3, 0.4) is 0 Å². The third kappa shape index (κ3) is 12.1. The number of aromatic amines is 1. The maximum absolute atomic E-state index is 12.3. The Bertz CT molecular complexity index is 1200. The zero-order chi connectivity index (χ0) is 27.5. The molecule has 1 saturated heterocycles. The predicted molar refractivity (Wildman–Crippen MR) is 134 cm³/mol. The van der Waals surface area contributed by atoms with Crippen molar-refractivity contribution < 1.29 is 51.2 Å². The van der Waals surface area contributed by atoms with Crippen molar-refractivity contribution in [3.8, 4) is 11.8 Å². The topological polar surface area (TPSA) is 225 Å². The summed E-state index contributed by atoms with van der Waals surface area (Å²) in [4.78, 5) is 64.5. The minimum atomic E-state index is -5.03. The lowest BCUT2D eigenvalue weighted by Crippen LogP contribution is -2.33. The van der Waals surface area contributed by atoms with Crippen LogP contribution in [-0.4, -0.2) is 61.3 Å². The van der Waals surface area contributed by atoms with Crippen LogP contribution in [0, 0.1) is 11.8 Å². The van der Waals surface area contributed by atoms with Gasteiger partial charge >= 0.3 is 21.3 Å². The van der Waals surface area contributed by atoms with E-state index in [0.29, 0.717) is 11.8 Å². The molecule has 16 nitrogen and oxygen atoms in total. The van der Waals surface area contributed by atoms with Gasteiger partial charge in [-0.3, -0.25) is 23.7 Å². The van der Waals surface area contributed by atoms with Gasteiger partial charge in [-0.2, -0.15) is 4.31 Å². The van der Waals surface area contributed by atoms with Gasteiger partial charge in [-0.05, 0) is 12.8 Å². The molecule has 0 bridgehead atoms. The number of H-pyrrole nitrogens is 1. The monoisotopic (exact) mass is 623 g/mol. The van der Waals surface area contributed by atoms with Crippen LogP contribution in [-0.2, 0) is 36.5 Å². The van der Waals surface area contributed by atoms with Crippen LogP contribution in [0.15, 0.2) is 15.8 Å². The Kier molecular flexibility index (Phi) is 13.5. The maximum atomic E-state index is 12.3. The quantitative estimate of drug-likeness (QED) is 0.0634. The summed E-state index contributed by atoms with van der Waals surface area (Å²) in [5.74, 6) is 5.86. The van der Waals surface area contributed by atoms with Crippen LogP contribution < -0.4 is 16.6 Å². The van der Waals surface area contributed by atoms with Gasteiger partial charge in [-0.1, -0.05) is 33.4 Å². The molecule has 5 N–H and O–H groups in total. The third-order valence-corrected chi connectivity index (χ3v) is 9.35. The number of phosphoric acid groups is 2. The van der Waals surface area contributed by atoms with Gasteiger partial charge in [-0.15, -0.1) is 0 Å². The second-order valence-corrected chi connectivity index (χ2v) is 13.0. The first-order valence-electron chi connectivity index (χ1n) is 10.1. The molecule has 1 fully saturated rings. The van der Waals surface area contributed by atoms with Crippen LogP contribution in [0.4, 0.5) is 0 Å². The molecule has 3 unspecified atom stereocenters. The number of carbonyl (C=O) groups excluding carboxylic acids is 1. The van der Waals surface area contributed by atoms with Crippen molar-refractivity contribution in [3.05, 3.63) is 32.6 Å². The molecule has 0 aromatic carbocycles. The number of phosphoric ester groups is 1. The molecule has 21 heteroatoms. The number of ether oxygens (including phenoxy) is 2. The zero-order valence-electron chi connectivity index (χ0n) is 19.1. The Hall–Kier alpha value is -1.02. The lowest BCUT2D eigenvalue weighted by Gasteiger charge is -2.18. The average molecular weight is 623 g/mol. The summed E-state index contributed by atoms with van der Waals surface area (Å²) >= 11 is 0. The fraction of sp³-hybridized carbons (Fsp3) is 0.562. The first-order chi connectivity index (χ1) is 17.4. The molecule has 37 heavy (non-hydrogen) atoms. The molecular weight excluding hydrogens is 599 g/mol. The number of hydrogen-bond donors (Lipinski definition) is 5. The van der Waals surface area contributed by atoms with Crippen LogP contribution in [0.5, 0.6) is 0 Å². The van der Waals surface area contributed by atoms with Crippen LogP contribution in [0.25, 0.3) is 0 Å². The second-order valence-electron chi connectivity index (χ2n) is 6.88. The SMILES string of the molecule is CC(=O)NCSSCOCC#Cc1cn([C@H]2CC[C@@H](COP(=O)(O)OP(=O)(O)OPO)O2)c(=O)[nH]c1=O. The Labute approximate surface area is 219 Å².